The van der Waals surface area contributed by atoms with E-state index < -0.39 is 18.1 Å². The molecule has 94 valence electrons. The van der Waals surface area contributed by atoms with E-state index in [2.05, 4.69) is 4.74 Å². The molecule has 1 aromatic carbocycles. The Labute approximate surface area is 100 Å². The van der Waals surface area contributed by atoms with E-state index in [4.69, 9.17) is 10.5 Å². The van der Waals surface area contributed by atoms with Crippen LogP contribution < -0.4 is 10.5 Å². The highest BCUT2D eigenvalue weighted by Crippen LogP contribution is 2.22. The van der Waals surface area contributed by atoms with Crippen molar-refractivity contribution in [3.8, 4) is 5.75 Å². The van der Waals surface area contributed by atoms with Crippen LogP contribution in [-0.2, 0) is 9.53 Å². The lowest BCUT2D eigenvalue weighted by molar-refractivity contribution is -0.142. The monoisotopic (exact) mass is 239 g/mol. The molecule has 0 fully saturated rings. The van der Waals surface area contributed by atoms with Gasteiger partial charge < -0.3 is 20.3 Å². The van der Waals surface area contributed by atoms with Gasteiger partial charge in [0.25, 0.3) is 0 Å². The Morgan fingerprint density at radius 2 is 2.18 bits per heavy atom. The number of benzene rings is 1. The van der Waals surface area contributed by atoms with Crippen molar-refractivity contribution in [1.29, 1.82) is 0 Å². The summed E-state index contributed by atoms with van der Waals surface area (Å²) in [6.07, 6.45) is -0.709. The van der Waals surface area contributed by atoms with Crippen LogP contribution in [0.3, 0.4) is 0 Å². The van der Waals surface area contributed by atoms with Crippen LogP contribution in [0.4, 0.5) is 0 Å². The molecule has 1 rings (SSSR count). The smallest absolute Gasteiger partial charge is 0.322 e. The van der Waals surface area contributed by atoms with Crippen LogP contribution in [0.25, 0.3) is 0 Å². The highest BCUT2D eigenvalue weighted by Gasteiger charge is 2.19. The minimum Gasteiger partial charge on any atom is -0.497 e. The molecule has 5 heteroatoms. The zero-order valence-corrected chi connectivity index (χ0v) is 9.92. The first-order valence-corrected chi connectivity index (χ1v) is 5.24. The molecular weight excluding hydrogens is 222 g/mol. The Bertz CT molecular complexity index is 381. The van der Waals surface area contributed by atoms with E-state index in [1.165, 1.54) is 7.11 Å². The second kappa shape index (κ2) is 6.22. The lowest BCUT2D eigenvalue weighted by Crippen LogP contribution is -2.33. The molecule has 0 spiro atoms. The van der Waals surface area contributed by atoms with E-state index in [-0.39, 0.29) is 6.42 Å². The van der Waals surface area contributed by atoms with Gasteiger partial charge in [-0.25, -0.2) is 0 Å². The molecule has 0 amide bonds. The topological polar surface area (TPSA) is 81.8 Å². The van der Waals surface area contributed by atoms with Gasteiger partial charge in [0, 0.05) is 6.42 Å². The van der Waals surface area contributed by atoms with Gasteiger partial charge in [-0.15, -0.1) is 0 Å². The molecule has 1 aromatic rings. The molecule has 0 aromatic heterocycles. The summed E-state index contributed by atoms with van der Waals surface area (Å²) in [5.41, 5.74) is 6.23. The van der Waals surface area contributed by atoms with Gasteiger partial charge in [0.2, 0.25) is 0 Å². The van der Waals surface area contributed by atoms with Crippen molar-refractivity contribution in [2.24, 2.45) is 5.73 Å². The maximum atomic E-state index is 11.1. The normalized spacial score (nSPS) is 13.9. The van der Waals surface area contributed by atoms with Gasteiger partial charge >= 0.3 is 5.97 Å². The van der Waals surface area contributed by atoms with Crippen LogP contribution in [0, 0.1) is 0 Å². The minimum atomic E-state index is -0.832. The zero-order valence-electron chi connectivity index (χ0n) is 9.92. The van der Waals surface area contributed by atoms with Gasteiger partial charge in [0.15, 0.2) is 0 Å². The summed E-state index contributed by atoms with van der Waals surface area (Å²) in [6, 6.07) is 6.16. The molecule has 2 atom stereocenters. The fraction of sp³-hybridized carbons (Fsp3) is 0.417. The third-order valence-electron chi connectivity index (χ3n) is 2.46. The largest absolute Gasteiger partial charge is 0.497 e. The molecule has 0 aliphatic rings. The van der Waals surface area contributed by atoms with E-state index in [0.29, 0.717) is 11.3 Å². The highest BCUT2D eigenvalue weighted by molar-refractivity contribution is 5.75. The number of hydrogen-bond donors (Lipinski definition) is 2. The summed E-state index contributed by atoms with van der Waals surface area (Å²) >= 11 is 0. The summed E-state index contributed by atoms with van der Waals surface area (Å²) in [7, 11) is 2.81. The third kappa shape index (κ3) is 3.72. The van der Waals surface area contributed by atoms with Crippen LogP contribution in [0.1, 0.15) is 18.1 Å². The van der Waals surface area contributed by atoms with Gasteiger partial charge in [0.1, 0.15) is 11.8 Å². The first kappa shape index (κ1) is 13.5. The Kier molecular flexibility index (Phi) is 4.93. The summed E-state index contributed by atoms with van der Waals surface area (Å²) in [6.45, 7) is 0. The van der Waals surface area contributed by atoms with Gasteiger partial charge in [-0.2, -0.15) is 0 Å². The van der Waals surface area contributed by atoms with Crippen LogP contribution >= 0.6 is 0 Å². The molecule has 0 aliphatic heterocycles. The standard InChI is InChI=1S/C12H17NO4/c1-16-9-5-3-4-8(6-9)11(14)7-10(13)12(15)17-2/h3-6,10-11,14H,7,13H2,1-2H3. The summed E-state index contributed by atoms with van der Waals surface area (Å²) in [5.74, 6) is 0.111. The van der Waals surface area contributed by atoms with E-state index in [1.807, 2.05) is 0 Å². The van der Waals surface area contributed by atoms with Crippen molar-refractivity contribution in [3.63, 3.8) is 0 Å². The van der Waals surface area contributed by atoms with Crippen molar-refractivity contribution in [2.75, 3.05) is 14.2 Å². The van der Waals surface area contributed by atoms with Crippen LogP contribution in [0.2, 0.25) is 0 Å². The quantitative estimate of drug-likeness (QED) is 0.736. The van der Waals surface area contributed by atoms with E-state index in [0.717, 1.165) is 0 Å². The Morgan fingerprint density at radius 3 is 2.76 bits per heavy atom. The second-order valence-corrected chi connectivity index (χ2v) is 3.66. The lowest BCUT2D eigenvalue weighted by Gasteiger charge is -2.15. The summed E-state index contributed by atoms with van der Waals surface area (Å²) < 4.78 is 9.54. The van der Waals surface area contributed by atoms with Crippen LogP contribution in [0.5, 0.6) is 5.75 Å². The van der Waals surface area contributed by atoms with Gasteiger partial charge in [-0.05, 0) is 17.7 Å². The number of nitrogens with two attached hydrogens (primary N) is 1. The number of carbonyl (C=O) groups excluding carboxylic acids is 1. The van der Waals surface area contributed by atoms with E-state index >= 15 is 0 Å². The van der Waals surface area contributed by atoms with Crippen molar-refractivity contribution in [2.45, 2.75) is 18.6 Å². The number of rotatable bonds is 5. The number of carbonyl (C=O) groups is 1. The van der Waals surface area contributed by atoms with Crippen molar-refractivity contribution in [1.82, 2.24) is 0 Å². The first-order valence-electron chi connectivity index (χ1n) is 5.24. The molecule has 5 nitrogen and oxygen atoms in total. The van der Waals surface area contributed by atoms with Crippen LogP contribution in [-0.4, -0.2) is 31.3 Å². The average Bonchev–Trinajstić information content (AvgIpc) is 2.37. The molecule has 0 bridgehead atoms. The second-order valence-electron chi connectivity index (χ2n) is 3.66. The van der Waals surface area contributed by atoms with Crippen molar-refractivity contribution < 1.29 is 19.4 Å². The first-order chi connectivity index (χ1) is 8.08. The van der Waals surface area contributed by atoms with E-state index in [9.17, 15) is 9.90 Å². The number of ether oxygens (including phenoxy) is 2. The summed E-state index contributed by atoms with van der Waals surface area (Å²) in [5, 5.41) is 9.91. The molecule has 3 N–H and O–H groups in total. The predicted molar refractivity (Wildman–Crippen MR) is 62.6 cm³/mol. The SMILES string of the molecule is COC(=O)C(N)CC(O)c1cccc(OC)c1. The maximum absolute atomic E-state index is 11.1. The summed E-state index contributed by atoms with van der Waals surface area (Å²) in [4.78, 5) is 11.1. The fourth-order valence-electron chi connectivity index (χ4n) is 1.47. The Hall–Kier alpha value is -1.59. The lowest BCUT2D eigenvalue weighted by atomic mass is 10.0. The molecule has 0 saturated heterocycles. The molecule has 0 saturated carbocycles. The van der Waals surface area contributed by atoms with Crippen molar-refractivity contribution in [3.05, 3.63) is 29.8 Å². The Balaban J connectivity index is 2.68. The zero-order chi connectivity index (χ0) is 12.8. The number of aliphatic hydroxyl groups excluding tert-OH is 1. The fourth-order valence-corrected chi connectivity index (χ4v) is 1.47. The maximum Gasteiger partial charge on any atom is 0.322 e. The van der Waals surface area contributed by atoms with Gasteiger partial charge in [-0.1, -0.05) is 12.1 Å². The molecule has 2 unspecified atom stereocenters. The average molecular weight is 239 g/mol. The van der Waals surface area contributed by atoms with Crippen LogP contribution in [0.15, 0.2) is 24.3 Å². The third-order valence-corrected chi connectivity index (χ3v) is 2.46. The van der Waals surface area contributed by atoms with Gasteiger partial charge in [0.05, 0.1) is 20.3 Å². The highest BCUT2D eigenvalue weighted by atomic mass is 16.5. The number of aliphatic hydroxyl groups is 1. The van der Waals surface area contributed by atoms with Crippen molar-refractivity contribution >= 4 is 5.97 Å². The van der Waals surface area contributed by atoms with E-state index in [1.54, 1.807) is 31.4 Å². The predicted octanol–water partition coefficient (Wildman–Crippen LogP) is 0.619. The number of esters is 1. The molecular formula is C12H17NO4. The van der Waals surface area contributed by atoms with Gasteiger partial charge in [-0.3, -0.25) is 4.79 Å². The molecule has 0 aliphatic carbocycles. The minimum absolute atomic E-state index is 0.111. The number of methoxy groups -OCH3 is 2. The molecule has 0 radical (unpaired) electrons. The molecule has 17 heavy (non-hydrogen) atoms. The Morgan fingerprint density at radius 1 is 1.47 bits per heavy atom. The molecule has 0 heterocycles. The number of hydrogen-bond acceptors (Lipinski definition) is 5.